The molecule has 1 saturated heterocycles. The lowest BCUT2D eigenvalue weighted by molar-refractivity contribution is -0.142. The van der Waals surface area contributed by atoms with E-state index in [0.29, 0.717) is 33.8 Å². The fraction of sp³-hybridized carbons (Fsp3) is 0.346. The van der Waals surface area contributed by atoms with Gasteiger partial charge in [-0.15, -0.1) is 0 Å². The molecule has 0 radical (unpaired) electrons. The number of esters is 1. The van der Waals surface area contributed by atoms with Gasteiger partial charge in [0.2, 0.25) is 0 Å². The molecular weight excluding hydrogens is 475 g/mol. The van der Waals surface area contributed by atoms with Crippen LogP contribution in [0.2, 0.25) is 5.02 Å². The van der Waals surface area contributed by atoms with Crippen LogP contribution >= 0.6 is 11.6 Å². The number of aromatic amines is 1. The highest BCUT2D eigenvalue weighted by atomic mass is 35.5. The molecule has 1 N–H and O–H groups in total. The van der Waals surface area contributed by atoms with Gasteiger partial charge in [0.1, 0.15) is 11.6 Å². The van der Waals surface area contributed by atoms with Crippen molar-refractivity contribution in [2.45, 2.75) is 32.6 Å². The zero-order chi connectivity index (χ0) is 25.1. The first kappa shape index (κ1) is 24.7. The second-order valence-corrected chi connectivity index (χ2v) is 8.81. The van der Waals surface area contributed by atoms with Crippen LogP contribution in [0.25, 0.3) is 10.9 Å². The number of nitrogens with one attached hydrogen (secondary N) is 1. The van der Waals surface area contributed by atoms with Crippen LogP contribution < -0.4 is 10.2 Å². The van der Waals surface area contributed by atoms with Crippen molar-refractivity contribution in [3.05, 3.63) is 73.8 Å². The Labute approximate surface area is 206 Å². The fourth-order valence-corrected chi connectivity index (χ4v) is 4.59. The number of aryl methyl sites for hydroxylation is 1. The Morgan fingerprint density at radius 2 is 1.91 bits per heavy atom. The van der Waals surface area contributed by atoms with Gasteiger partial charge in [0.25, 0.3) is 5.91 Å². The minimum atomic E-state index is -0.625. The van der Waals surface area contributed by atoms with Gasteiger partial charge in [-0.1, -0.05) is 24.6 Å². The summed E-state index contributed by atoms with van der Waals surface area (Å²) in [7, 11) is 1.22. The molecule has 0 saturated carbocycles. The van der Waals surface area contributed by atoms with Crippen LogP contribution in [0.5, 0.6) is 5.75 Å². The molecule has 2 aromatic carbocycles. The van der Waals surface area contributed by atoms with Gasteiger partial charge in [-0.3, -0.25) is 9.59 Å². The Bertz CT molecular complexity index is 1350. The van der Waals surface area contributed by atoms with E-state index >= 15 is 0 Å². The molecule has 0 bridgehead atoms. The summed E-state index contributed by atoms with van der Waals surface area (Å²) in [5, 5.41) is 0.385. The fourth-order valence-electron chi connectivity index (χ4n) is 4.34. The van der Waals surface area contributed by atoms with Gasteiger partial charge in [-0.05, 0) is 49.1 Å². The molecule has 0 aliphatic carbocycles. The first-order valence-electron chi connectivity index (χ1n) is 11.5. The lowest BCUT2D eigenvalue weighted by Crippen LogP contribution is -2.27. The monoisotopic (exact) mass is 500 g/mol. The van der Waals surface area contributed by atoms with Crippen molar-refractivity contribution >= 4 is 34.4 Å². The van der Waals surface area contributed by atoms with Crippen molar-refractivity contribution in [3.63, 3.8) is 0 Å². The van der Waals surface area contributed by atoms with E-state index in [1.54, 1.807) is 23.1 Å². The molecule has 0 unspecified atom stereocenters. The van der Waals surface area contributed by atoms with Crippen molar-refractivity contribution < 1.29 is 23.5 Å². The van der Waals surface area contributed by atoms with Crippen LogP contribution in [0.1, 0.15) is 46.9 Å². The number of benzene rings is 2. The maximum atomic E-state index is 14.6. The van der Waals surface area contributed by atoms with Crippen molar-refractivity contribution in [1.29, 1.82) is 0 Å². The standard InChI is InChI=1S/C26H26ClFN2O5/c1-3-20-17(12-15-6-7-16(13-18(15)27)26(33)30-10-4-5-11-30)25(32)23-21(35-14-22(31)34-2)9-8-19(28)24(23)29-20/h6-9,13H,3-5,10-12,14H2,1-2H3,(H,29,32). The number of methoxy groups -OCH3 is 1. The minimum absolute atomic E-state index is 0.00983. The molecule has 1 aliphatic rings. The third-order valence-electron chi connectivity index (χ3n) is 6.24. The molecule has 4 rings (SSSR count). The zero-order valence-electron chi connectivity index (χ0n) is 19.6. The van der Waals surface area contributed by atoms with Gasteiger partial charge >= 0.3 is 5.97 Å². The minimum Gasteiger partial charge on any atom is -0.481 e. The van der Waals surface area contributed by atoms with Crippen LogP contribution in [0, 0.1) is 5.82 Å². The summed E-state index contributed by atoms with van der Waals surface area (Å²) in [6.45, 7) is 2.92. The predicted molar refractivity (Wildman–Crippen MR) is 131 cm³/mol. The van der Waals surface area contributed by atoms with Crippen LogP contribution in [0.4, 0.5) is 4.39 Å². The molecule has 1 amide bonds. The summed E-state index contributed by atoms with van der Waals surface area (Å²) >= 11 is 6.53. The maximum Gasteiger partial charge on any atom is 0.343 e. The number of likely N-dealkylation sites (tertiary alicyclic amines) is 1. The second kappa shape index (κ2) is 10.5. The van der Waals surface area contributed by atoms with E-state index < -0.39 is 23.8 Å². The number of carbonyl (C=O) groups is 2. The van der Waals surface area contributed by atoms with Crippen LogP contribution in [-0.4, -0.2) is 48.6 Å². The smallest absolute Gasteiger partial charge is 0.343 e. The van der Waals surface area contributed by atoms with Gasteiger partial charge in [-0.25, -0.2) is 9.18 Å². The molecule has 1 fully saturated rings. The lowest BCUT2D eigenvalue weighted by Gasteiger charge is -2.17. The highest BCUT2D eigenvalue weighted by molar-refractivity contribution is 6.31. The summed E-state index contributed by atoms with van der Waals surface area (Å²) in [6, 6.07) is 7.58. The summed E-state index contributed by atoms with van der Waals surface area (Å²) in [4.78, 5) is 42.6. The second-order valence-electron chi connectivity index (χ2n) is 8.41. The molecule has 3 aromatic rings. The highest BCUT2D eigenvalue weighted by Crippen LogP contribution is 2.28. The topological polar surface area (TPSA) is 88.7 Å². The summed E-state index contributed by atoms with van der Waals surface area (Å²) in [5.74, 6) is -1.21. The van der Waals surface area contributed by atoms with Gasteiger partial charge in [0.15, 0.2) is 12.0 Å². The van der Waals surface area contributed by atoms with E-state index in [4.69, 9.17) is 16.3 Å². The van der Waals surface area contributed by atoms with E-state index in [9.17, 15) is 18.8 Å². The molecule has 1 aromatic heterocycles. The molecule has 9 heteroatoms. The van der Waals surface area contributed by atoms with Crippen LogP contribution in [0.15, 0.2) is 35.1 Å². The molecule has 1 aliphatic heterocycles. The van der Waals surface area contributed by atoms with Gasteiger partial charge in [-0.2, -0.15) is 0 Å². The van der Waals surface area contributed by atoms with E-state index in [1.807, 2.05) is 6.92 Å². The molecular formula is C26H26ClFN2O5. The third kappa shape index (κ3) is 5.03. The van der Waals surface area contributed by atoms with Gasteiger partial charge in [0.05, 0.1) is 18.0 Å². The number of H-pyrrole nitrogens is 1. The SMILES string of the molecule is CCc1[nH]c2c(F)ccc(OCC(=O)OC)c2c(=O)c1Cc1ccc(C(=O)N2CCCC2)cc1Cl. The van der Waals surface area contributed by atoms with E-state index in [2.05, 4.69) is 9.72 Å². The lowest BCUT2D eigenvalue weighted by atomic mass is 9.98. The van der Waals surface area contributed by atoms with Gasteiger partial charge in [0, 0.05) is 41.4 Å². The Kier molecular flexibility index (Phi) is 7.40. The number of ether oxygens (including phenoxy) is 2. The number of nitrogens with zero attached hydrogens (tertiary/aromatic N) is 1. The predicted octanol–water partition coefficient (Wildman–Crippen LogP) is 4.26. The highest BCUT2D eigenvalue weighted by Gasteiger charge is 2.22. The number of amides is 1. The first-order chi connectivity index (χ1) is 16.8. The average Bonchev–Trinajstić information content (AvgIpc) is 3.40. The first-order valence-corrected chi connectivity index (χ1v) is 11.8. The average molecular weight is 501 g/mol. The number of fused-ring (bicyclic) bond motifs is 1. The number of rotatable bonds is 7. The van der Waals surface area contributed by atoms with Gasteiger partial charge < -0.3 is 19.4 Å². The number of pyridine rings is 1. The number of hydrogen-bond acceptors (Lipinski definition) is 5. The van der Waals surface area contributed by atoms with Crippen molar-refractivity contribution in [2.75, 3.05) is 26.8 Å². The number of aromatic nitrogens is 1. The summed E-state index contributed by atoms with van der Waals surface area (Å²) < 4.78 is 24.7. The van der Waals surface area contributed by atoms with E-state index in [1.165, 1.54) is 19.2 Å². The largest absolute Gasteiger partial charge is 0.481 e. The van der Waals surface area contributed by atoms with Crippen LogP contribution in [-0.2, 0) is 22.4 Å². The molecule has 7 nitrogen and oxygen atoms in total. The number of halogens is 2. The van der Waals surface area contributed by atoms with Crippen molar-refractivity contribution in [2.24, 2.45) is 0 Å². The quantitative estimate of drug-likeness (QED) is 0.490. The van der Waals surface area contributed by atoms with E-state index in [-0.39, 0.29) is 29.0 Å². The summed E-state index contributed by atoms with van der Waals surface area (Å²) in [5.41, 5.74) is 1.75. The normalized spacial score (nSPS) is 13.3. The number of hydrogen-bond donors (Lipinski definition) is 1. The van der Waals surface area contributed by atoms with Crippen molar-refractivity contribution in [1.82, 2.24) is 9.88 Å². The Hall–Kier alpha value is -3.39. The molecule has 0 atom stereocenters. The Morgan fingerprint density at radius 1 is 1.17 bits per heavy atom. The zero-order valence-corrected chi connectivity index (χ0v) is 20.3. The maximum absolute atomic E-state index is 14.6. The Morgan fingerprint density at radius 3 is 2.57 bits per heavy atom. The Balaban J connectivity index is 1.73. The molecule has 184 valence electrons. The van der Waals surface area contributed by atoms with Crippen molar-refractivity contribution in [3.8, 4) is 5.75 Å². The van der Waals surface area contributed by atoms with Crippen LogP contribution in [0.3, 0.4) is 0 Å². The number of carbonyl (C=O) groups excluding carboxylic acids is 2. The molecule has 0 spiro atoms. The summed E-state index contributed by atoms with van der Waals surface area (Å²) in [6.07, 6.45) is 2.62. The van der Waals surface area contributed by atoms with E-state index in [0.717, 1.165) is 25.9 Å². The molecule has 35 heavy (non-hydrogen) atoms. The molecule has 2 heterocycles. The third-order valence-corrected chi connectivity index (χ3v) is 6.60.